The standard InChI is InChI=1S/C11H10BrNO4/c1-17-11(14)6-9(7-12)8-2-4-10(5-3-8)13(15)16/h2-6H,7H2,1H3/b9-6-. The summed E-state index contributed by atoms with van der Waals surface area (Å²) in [7, 11) is 1.29. The van der Waals surface area contributed by atoms with Crippen molar-refractivity contribution in [1.82, 2.24) is 0 Å². The number of nitrogens with zero attached hydrogens (tertiary/aromatic N) is 1. The van der Waals surface area contributed by atoms with Crippen LogP contribution in [0.2, 0.25) is 0 Å². The van der Waals surface area contributed by atoms with E-state index < -0.39 is 10.9 Å². The quantitative estimate of drug-likeness (QED) is 0.282. The largest absolute Gasteiger partial charge is 0.466 e. The third-order valence-electron chi connectivity index (χ3n) is 2.09. The van der Waals surface area contributed by atoms with Crippen molar-refractivity contribution in [1.29, 1.82) is 0 Å². The van der Waals surface area contributed by atoms with Crippen LogP contribution in [0.5, 0.6) is 0 Å². The molecular formula is C11H10BrNO4. The number of esters is 1. The van der Waals surface area contributed by atoms with Crippen molar-refractivity contribution in [3.05, 3.63) is 46.0 Å². The zero-order chi connectivity index (χ0) is 12.8. The van der Waals surface area contributed by atoms with E-state index in [0.717, 1.165) is 5.56 Å². The van der Waals surface area contributed by atoms with Gasteiger partial charge in [-0.2, -0.15) is 0 Å². The Hall–Kier alpha value is -1.69. The second kappa shape index (κ2) is 6.15. The minimum atomic E-state index is -0.471. The Morgan fingerprint density at radius 1 is 1.47 bits per heavy atom. The fourth-order valence-electron chi connectivity index (χ4n) is 1.20. The van der Waals surface area contributed by atoms with E-state index in [0.29, 0.717) is 10.9 Å². The summed E-state index contributed by atoms with van der Waals surface area (Å²) in [5.74, 6) is -0.460. The van der Waals surface area contributed by atoms with Crippen molar-refractivity contribution >= 4 is 33.2 Å². The smallest absolute Gasteiger partial charge is 0.330 e. The number of non-ortho nitro benzene ring substituents is 1. The number of methoxy groups -OCH3 is 1. The fraction of sp³-hybridized carbons (Fsp3) is 0.182. The summed E-state index contributed by atoms with van der Waals surface area (Å²) in [6, 6.07) is 5.97. The maximum Gasteiger partial charge on any atom is 0.330 e. The van der Waals surface area contributed by atoms with Crippen molar-refractivity contribution in [2.45, 2.75) is 0 Å². The van der Waals surface area contributed by atoms with Crippen LogP contribution in [0.4, 0.5) is 5.69 Å². The lowest BCUT2D eigenvalue weighted by Crippen LogP contribution is -1.98. The van der Waals surface area contributed by atoms with E-state index in [-0.39, 0.29) is 5.69 Å². The Labute approximate surface area is 106 Å². The van der Waals surface area contributed by atoms with Crippen LogP contribution in [0, 0.1) is 10.1 Å². The number of benzene rings is 1. The number of nitro benzene ring substituents is 1. The summed E-state index contributed by atoms with van der Waals surface area (Å²) in [6.07, 6.45) is 1.34. The van der Waals surface area contributed by atoms with E-state index in [1.165, 1.54) is 25.3 Å². The molecular weight excluding hydrogens is 290 g/mol. The highest BCUT2D eigenvalue weighted by Gasteiger charge is 2.07. The van der Waals surface area contributed by atoms with E-state index in [1.54, 1.807) is 12.1 Å². The van der Waals surface area contributed by atoms with Crippen LogP contribution >= 0.6 is 15.9 Å². The third kappa shape index (κ3) is 3.67. The lowest BCUT2D eigenvalue weighted by atomic mass is 10.1. The minimum absolute atomic E-state index is 0.0146. The van der Waals surface area contributed by atoms with E-state index >= 15 is 0 Å². The zero-order valence-electron chi connectivity index (χ0n) is 9.05. The number of alkyl halides is 1. The summed E-state index contributed by atoms with van der Waals surface area (Å²) in [4.78, 5) is 21.1. The van der Waals surface area contributed by atoms with E-state index in [2.05, 4.69) is 20.7 Å². The second-order valence-electron chi connectivity index (χ2n) is 3.13. The SMILES string of the molecule is COC(=O)/C=C(/CBr)c1ccc([N+](=O)[O-])cc1. The molecule has 0 aliphatic carbocycles. The van der Waals surface area contributed by atoms with E-state index in [9.17, 15) is 14.9 Å². The number of allylic oxidation sites excluding steroid dienone is 1. The molecule has 0 saturated heterocycles. The first-order valence-corrected chi connectivity index (χ1v) is 5.80. The summed E-state index contributed by atoms with van der Waals surface area (Å²) in [5.41, 5.74) is 1.45. The predicted octanol–water partition coefficient (Wildman–Crippen LogP) is 2.55. The van der Waals surface area contributed by atoms with Crippen LogP contribution in [0.25, 0.3) is 5.57 Å². The molecule has 5 nitrogen and oxygen atoms in total. The molecule has 0 bridgehead atoms. The van der Waals surface area contributed by atoms with Gasteiger partial charge >= 0.3 is 5.97 Å². The fourth-order valence-corrected chi connectivity index (χ4v) is 1.68. The van der Waals surface area contributed by atoms with Gasteiger partial charge in [-0.3, -0.25) is 10.1 Å². The molecule has 0 N–H and O–H groups in total. The van der Waals surface area contributed by atoms with Crippen molar-refractivity contribution in [2.75, 3.05) is 12.4 Å². The van der Waals surface area contributed by atoms with Gasteiger partial charge in [0.05, 0.1) is 12.0 Å². The number of carbonyl (C=O) groups is 1. The average molecular weight is 300 g/mol. The third-order valence-corrected chi connectivity index (χ3v) is 2.69. The molecule has 0 amide bonds. The first kappa shape index (κ1) is 13.4. The molecule has 0 fully saturated rings. The van der Waals surface area contributed by atoms with Crippen LogP contribution in [0.3, 0.4) is 0 Å². The molecule has 6 heteroatoms. The van der Waals surface area contributed by atoms with Gasteiger partial charge in [-0.25, -0.2) is 4.79 Å². The van der Waals surface area contributed by atoms with Gasteiger partial charge in [0.25, 0.3) is 5.69 Å². The van der Waals surface area contributed by atoms with Crippen LogP contribution in [0.15, 0.2) is 30.3 Å². The Balaban J connectivity index is 3.01. The molecule has 1 rings (SSSR count). The molecule has 0 spiro atoms. The molecule has 0 unspecified atom stereocenters. The molecule has 0 atom stereocenters. The number of carbonyl (C=O) groups excluding carboxylic acids is 1. The maximum absolute atomic E-state index is 11.1. The highest BCUT2D eigenvalue weighted by Crippen LogP contribution is 2.20. The Bertz CT molecular complexity index is 453. The molecule has 0 heterocycles. The lowest BCUT2D eigenvalue weighted by molar-refractivity contribution is -0.384. The van der Waals surface area contributed by atoms with Crippen molar-refractivity contribution in [3.63, 3.8) is 0 Å². The van der Waals surface area contributed by atoms with Crippen LogP contribution < -0.4 is 0 Å². The average Bonchev–Trinajstić information content (AvgIpc) is 2.35. The number of nitro groups is 1. The Morgan fingerprint density at radius 3 is 2.47 bits per heavy atom. The van der Waals surface area contributed by atoms with Gasteiger partial charge in [-0.05, 0) is 23.3 Å². The number of rotatable bonds is 4. The normalized spacial score (nSPS) is 11.1. The van der Waals surface area contributed by atoms with Crippen molar-refractivity contribution in [3.8, 4) is 0 Å². The second-order valence-corrected chi connectivity index (χ2v) is 3.69. The van der Waals surface area contributed by atoms with Gasteiger partial charge < -0.3 is 4.74 Å². The number of ether oxygens (including phenoxy) is 1. The zero-order valence-corrected chi connectivity index (χ0v) is 10.6. The van der Waals surface area contributed by atoms with Gasteiger partial charge in [-0.1, -0.05) is 15.9 Å². The van der Waals surface area contributed by atoms with Gasteiger partial charge in [0.1, 0.15) is 0 Å². The Morgan fingerprint density at radius 2 is 2.06 bits per heavy atom. The predicted molar refractivity (Wildman–Crippen MR) is 66.9 cm³/mol. The molecule has 1 aromatic rings. The lowest BCUT2D eigenvalue weighted by Gasteiger charge is -2.03. The molecule has 0 aromatic heterocycles. The number of hydrogen-bond donors (Lipinski definition) is 0. The highest BCUT2D eigenvalue weighted by atomic mass is 79.9. The molecule has 90 valence electrons. The summed E-state index contributed by atoms with van der Waals surface area (Å²) in [6.45, 7) is 0. The van der Waals surface area contributed by atoms with Crippen LogP contribution in [-0.4, -0.2) is 23.3 Å². The molecule has 0 aliphatic heterocycles. The van der Waals surface area contributed by atoms with Gasteiger partial charge in [0.2, 0.25) is 0 Å². The van der Waals surface area contributed by atoms with Gasteiger partial charge in [0.15, 0.2) is 0 Å². The van der Waals surface area contributed by atoms with E-state index in [4.69, 9.17) is 0 Å². The van der Waals surface area contributed by atoms with Crippen LogP contribution in [0.1, 0.15) is 5.56 Å². The van der Waals surface area contributed by atoms with Crippen LogP contribution in [-0.2, 0) is 9.53 Å². The summed E-state index contributed by atoms with van der Waals surface area (Å²) >= 11 is 3.25. The first-order valence-electron chi connectivity index (χ1n) is 4.67. The minimum Gasteiger partial charge on any atom is -0.466 e. The van der Waals surface area contributed by atoms with Crippen molar-refractivity contribution in [2.24, 2.45) is 0 Å². The maximum atomic E-state index is 11.1. The monoisotopic (exact) mass is 299 g/mol. The molecule has 0 radical (unpaired) electrons. The summed E-state index contributed by atoms with van der Waals surface area (Å²) in [5, 5.41) is 10.9. The summed E-state index contributed by atoms with van der Waals surface area (Å²) < 4.78 is 4.52. The first-order chi connectivity index (χ1) is 8.08. The van der Waals surface area contributed by atoms with Gasteiger partial charge in [-0.15, -0.1) is 0 Å². The highest BCUT2D eigenvalue weighted by molar-refractivity contribution is 9.09. The Kier molecular flexibility index (Phi) is 4.84. The van der Waals surface area contributed by atoms with Crippen molar-refractivity contribution < 1.29 is 14.5 Å². The van der Waals surface area contributed by atoms with E-state index in [1.807, 2.05) is 0 Å². The molecule has 1 aromatic carbocycles. The number of hydrogen-bond acceptors (Lipinski definition) is 4. The molecule has 17 heavy (non-hydrogen) atoms. The number of halogens is 1. The molecule has 0 saturated carbocycles. The molecule has 0 aliphatic rings. The van der Waals surface area contributed by atoms with Gasteiger partial charge in [0, 0.05) is 23.5 Å². The topological polar surface area (TPSA) is 69.4 Å².